The minimum Gasteiger partial charge on any atom is -0.392 e. The lowest BCUT2D eigenvalue weighted by Crippen LogP contribution is -2.46. The topological polar surface area (TPSA) is 66.4 Å². The van der Waals surface area contributed by atoms with Crippen molar-refractivity contribution in [2.24, 2.45) is 22.7 Å². The molecule has 3 fully saturated rings. The highest BCUT2D eigenvalue weighted by Gasteiger charge is 2.64. The van der Waals surface area contributed by atoms with Gasteiger partial charge in [0.1, 0.15) is 0 Å². The third-order valence-corrected chi connectivity index (χ3v) is 8.63. The highest BCUT2D eigenvalue weighted by Crippen LogP contribution is 2.66. The normalized spacial score (nSPS) is 45.3. The maximum atomic E-state index is 12.7. The van der Waals surface area contributed by atoms with E-state index in [2.05, 4.69) is 26.1 Å². The van der Waals surface area contributed by atoms with Gasteiger partial charge in [0.05, 0.1) is 17.6 Å². The Labute approximate surface area is 128 Å². The predicted molar refractivity (Wildman–Crippen MR) is 83.8 cm³/mol. The molecule has 0 aromatic rings. The summed E-state index contributed by atoms with van der Waals surface area (Å²) in [4.78, 5) is 0. The number of hydrogen-bond acceptors (Lipinski definition) is 4. The Hall–Kier alpha value is -0.130. The van der Waals surface area contributed by atoms with Gasteiger partial charge in [0.2, 0.25) is 0 Å². The largest absolute Gasteiger partial charge is 0.392 e. The van der Waals surface area contributed by atoms with E-state index in [0.29, 0.717) is 11.8 Å². The molecule has 2 N–H and O–H groups in total. The summed E-state index contributed by atoms with van der Waals surface area (Å²) >= 11 is 0. The van der Waals surface area contributed by atoms with Gasteiger partial charge in [0, 0.05) is 11.5 Å². The molecule has 2 bridgehead atoms. The van der Waals surface area contributed by atoms with Crippen LogP contribution in [0.5, 0.6) is 0 Å². The van der Waals surface area contributed by atoms with Crippen LogP contribution in [0, 0.1) is 22.7 Å². The van der Waals surface area contributed by atoms with Crippen LogP contribution >= 0.6 is 0 Å². The van der Waals surface area contributed by atoms with Gasteiger partial charge in [0.25, 0.3) is 0 Å². The van der Waals surface area contributed by atoms with Gasteiger partial charge in [-0.15, -0.1) is 0 Å². The predicted octanol–water partition coefficient (Wildman–Crippen LogP) is 1.59. The number of fused-ring (bicyclic) bond motifs is 2. The van der Waals surface area contributed by atoms with Crippen molar-refractivity contribution in [3.05, 3.63) is 0 Å². The van der Waals surface area contributed by atoms with Gasteiger partial charge in [0.15, 0.2) is 9.84 Å². The first kappa shape index (κ1) is 15.8. The highest BCUT2D eigenvalue weighted by atomic mass is 32.2. The Balaban J connectivity index is 1.75. The molecule has 1 saturated heterocycles. The van der Waals surface area contributed by atoms with E-state index in [1.807, 2.05) is 0 Å². The SMILES string of the molecule is C[C@H]1CN[C@H](CS(=O)(=O)C[C@]23CCC(CC2O)C3(C)C)C1. The van der Waals surface area contributed by atoms with Gasteiger partial charge in [-0.05, 0) is 49.5 Å². The molecule has 3 rings (SSSR count). The van der Waals surface area contributed by atoms with Crippen molar-refractivity contribution in [2.45, 2.75) is 58.6 Å². The van der Waals surface area contributed by atoms with Crippen molar-refractivity contribution in [3.63, 3.8) is 0 Å². The number of aliphatic hydroxyl groups is 1. The van der Waals surface area contributed by atoms with Gasteiger partial charge in [-0.1, -0.05) is 20.8 Å². The van der Waals surface area contributed by atoms with Gasteiger partial charge >= 0.3 is 0 Å². The average Bonchev–Trinajstić information content (AvgIpc) is 2.89. The molecule has 21 heavy (non-hydrogen) atoms. The molecule has 0 spiro atoms. The summed E-state index contributed by atoms with van der Waals surface area (Å²) in [5, 5.41) is 13.8. The third-order valence-electron chi connectivity index (χ3n) is 6.76. The number of hydrogen-bond donors (Lipinski definition) is 2. The highest BCUT2D eigenvalue weighted by molar-refractivity contribution is 7.91. The van der Waals surface area contributed by atoms with Crippen LogP contribution in [0.4, 0.5) is 0 Å². The quantitative estimate of drug-likeness (QED) is 0.827. The fourth-order valence-electron chi connectivity index (χ4n) is 5.28. The van der Waals surface area contributed by atoms with Crippen LogP contribution in [0.25, 0.3) is 0 Å². The Morgan fingerprint density at radius 2 is 2.00 bits per heavy atom. The maximum absolute atomic E-state index is 12.7. The second-order valence-electron chi connectivity index (χ2n) is 8.37. The molecule has 4 nitrogen and oxygen atoms in total. The van der Waals surface area contributed by atoms with E-state index in [9.17, 15) is 13.5 Å². The molecule has 0 radical (unpaired) electrons. The molecule has 2 unspecified atom stereocenters. The van der Waals surface area contributed by atoms with Gasteiger partial charge < -0.3 is 10.4 Å². The van der Waals surface area contributed by atoms with Crippen LogP contribution in [0.2, 0.25) is 0 Å². The maximum Gasteiger partial charge on any atom is 0.152 e. The van der Waals surface area contributed by atoms with Crippen molar-refractivity contribution < 1.29 is 13.5 Å². The lowest BCUT2D eigenvalue weighted by Gasteiger charge is -2.40. The van der Waals surface area contributed by atoms with Crippen molar-refractivity contribution in [1.29, 1.82) is 0 Å². The molecule has 5 heteroatoms. The first-order chi connectivity index (χ1) is 9.66. The second-order valence-corrected chi connectivity index (χ2v) is 10.5. The zero-order valence-electron chi connectivity index (χ0n) is 13.4. The fraction of sp³-hybridized carbons (Fsp3) is 1.00. The fourth-order valence-corrected chi connectivity index (χ4v) is 7.76. The molecule has 5 atom stereocenters. The van der Waals surface area contributed by atoms with E-state index in [0.717, 1.165) is 32.2 Å². The summed E-state index contributed by atoms with van der Waals surface area (Å²) in [5.74, 6) is 1.43. The minimum absolute atomic E-state index is 0.0596. The van der Waals surface area contributed by atoms with Gasteiger partial charge in [-0.25, -0.2) is 8.42 Å². The first-order valence-corrected chi connectivity index (χ1v) is 10.1. The van der Waals surface area contributed by atoms with Crippen molar-refractivity contribution >= 4 is 9.84 Å². The van der Waals surface area contributed by atoms with Crippen LogP contribution in [-0.4, -0.2) is 43.7 Å². The minimum atomic E-state index is -3.14. The van der Waals surface area contributed by atoms with Crippen LogP contribution in [0.3, 0.4) is 0 Å². The zero-order chi connectivity index (χ0) is 15.5. The van der Waals surface area contributed by atoms with Crippen LogP contribution in [0.15, 0.2) is 0 Å². The smallest absolute Gasteiger partial charge is 0.152 e. The van der Waals surface area contributed by atoms with Crippen molar-refractivity contribution in [2.75, 3.05) is 18.1 Å². The number of rotatable bonds is 4. The lowest BCUT2D eigenvalue weighted by molar-refractivity contribution is 0.0153. The van der Waals surface area contributed by atoms with E-state index in [-0.39, 0.29) is 23.0 Å². The molecule has 3 aliphatic rings. The van der Waals surface area contributed by atoms with E-state index in [1.54, 1.807) is 0 Å². The molecular weight excluding hydrogens is 286 g/mol. The molecule has 1 heterocycles. The summed E-state index contributed by atoms with van der Waals surface area (Å²) < 4.78 is 25.4. The number of nitrogens with one attached hydrogen (secondary N) is 1. The van der Waals surface area contributed by atoms with E-state index < -0.39 is 21.4 Å². The summed E-state index contributed by atoms with van der Waals surface area (Å²) in [7, 11) is -3.14. The number of aliphatic hydroxyl groups excluding tert-OH is 1. The molecular formula is C16H29NO3S. The lowest BCUT2D eigenvalue weighted by atomic mass is 9.70. The molecule has 2 saturated carbocycles. The Morgan fingerprint density at radius 3 is 2.48 bits per heavy atom. The standard InChI is InChI=1S/C16H29NO3S/c1-11-6-13(17-8-11)9-21(19,20)10-16-5-4-12(7-14(16)18)15(16,2)3/h11-14,17-18H,4-10H2,1-3H3/t11-,12?,13+,14?,16-/m1/s1. The summed E-state index contributed by atoms with van der Waals surface area (Å²) in [5.41, 5.74) is -0.476. The molecule has 0 amide bonds. The van der Waals surface area contributed by atoms with Gasteiger partial charge in [-0.3, -0.25) is 0 Å². The van der Waals surface area contributed by atoms with E-state index in [4.69, 9.17) is 0 Å². The summed E-state index contributed by atoms with van der Waals surface area (Å²) in [6, 6.07) is 0.0975. The molecule has 0 aromatic carbocycles. The molecule has 1 aliphatic heterocycles. The van der Waals surface area contributed by atoms with E-state index in [1.165, 1.54) is 0 Å². The van der Waals surface area contributed by atoms with Gasteiger partial charge in [-0.2, -0.15) is 0 Å². The Morgan fingerprint density at radius 1 is 1.29 bits per heavy atom. The van der Waals surface area contributed by atoms with Crippen LogP contribution in [0.1, 0.15) is 46.5 Å². The van der Waals surface area contributed by atoms with Crippen molar-refractivity contribution in [3.8, 4) is 0 Å². The monoisotopic (exact) mass is 315 g/mol. The Kier molecular flexibility index (Phi) is 3.70. The van der Waals surface area contributed by atoms with Crippen LogP contribution < -0.4 is 5.32 Å². The average molecular weight is 315 g/mol. The van der Waals surface area contributed by atoms with Crippen molar-refractivity contribution in [1.82, 2.24) is 5.32 Å². The summed E-state index contributed by atoms with van der Waals surface area (Å²) in [6.45, 7) is 7.39. The first-order valence-electron chi connectivity index (χ1n) is 8.28. The third kappa shape index (κ3) is 2.45. The molecule has 2 aliphatic carbocycles. The summed E-state index contributed by atoms with van der Waals surface area (Å²) in [6.07, 6.45) is 3.20. The number of sulfone groups is 1. The molecule has 0 aromatic heterocycles. The van der Waals surface area contributed by atoms with Crippen LogP contribution in [-0.2, 0) is 9.84 Å². The Bertz CT molecular complexity index is 516. The van der Waals surface area contributed by atoms with E-state index >= 15 is 0 Å². The second kappa shape index (κ2) is 4.93. The molecule has 122 valence electrons. The zero-order valence-corrected chi connectivity index (χ0v) is 14.2.